The van der Waals surface area contributed by atoms with E-state index in [9.17, 15) is 9.59 Å². The summed E-state index contributed by atoms with van der Waals surface area (Å²) < 4.78 is 0. The Morgan fingerprint density at radius 3 is 2.38 bits per heavy atom. The fraction of sp³-hybridized carbons (Fsp3) is 0.286. The van der Waals surface area contributed by atoms with Crippen LogP contribution in [0.4, 0.5) is 5.69 Å². The number of amides is 2. The molecular formula is C21H21N3O2. The molecule has 0 saturated heterocycles. The lowest BCUT2D eigenvalue weighted by atomic mass is 10.0. The number of benzene rings is 2. The van der Waals surface area contributed by atoms with Crippen molar-refractivity contribution in [3.8, 4) is 6.07 Å². The van der Waals surface area contributed by atoms with Gasteiger partial charge in [0.15, 0.2) is 0 Å². The Morgan fingerprint density at radius 1 is 1.00 bits per heavy atom. The topological polar surface area (TPSA) is 82.0 Å². The van der Waals surface area contributed by atoms with E-state index in [1.165, 1.54) is 5.56 Å². The highest BCUT2D eigenvalue weighted by molar-refractivity contribution is 6.13. The molecule has 26 heavy (non-hydrogen) atoms. The molecule has 0 spiro atoms. The predicted molar refractivity (Wildman–Crippen MR) is 99.2 cm³/mol. The highest BCUT2D eigenvalue weighted by Crippen LogP contribution is 2.47. The third-order valence-electron chi connectivity index (χ3n) is 4.69. The first-order valence-corrected chi connectivity index (χ1v) is 8.78. The van der Waals surface area contributed by atoms with Gasteiger partial charge in [-0.3, -0.25) is 9.59 Å². The summed E-state index contributed by atoms with van der Waals surface area (Å²) in [6.45, 7) is 0.539. The van der Waals surface area contributed by atoms with E-state index in [4.69, 9.17) is 5.26 Å². The van der Waals surface area contributed by atoms with Crippen LogP contribution < -0.4 is 10.6 Å². The lowest BCUT2D eigenvalue weighted by Crippen LogP contribution is -2.40. The van der Waals surface area contributed by atoms with E-state index in [0.29, 0.717) is 30.6 Å². The average molecular weight is 347 g/mol. The van der Waals surface area contributed by atoms with Gasteiger partial charge in [-0.1, -0.05) is 42.5 Å². The number of anilines is 1. The van der Waals surface area contributed by atoms with Crippen molar-refractivity contribution in [3.05, 3.63) is 65.7 Å². The molecule has 132 valence electrons. The smallest absolute Gasteiger partial charge is 0.240 e. The average Bonchev–Trinajstić information content (AvgIpc) is 3.48. The minimum atomic E-state index is -0.991. The van der Waals surface area contributed by atoms with Crippen molar-refractivity contribution in [2.75, 3.05) is 11.9 Å². The maximum atomic E-state index is 12.6. The molecule has 0 bridgehead atoms. The highest BCUT2D eigenvalue weighted by Gasteiger charge is 2.56. The fourth-order valence-electron chi connectivity index (χ4n) is 2.92. The summed E-state index contributed by atoms with van der Waals surface area (Å²) in [7, 11) is 0. The monoisotopic (exact) mass is 347 g/mol. The summed E-state index contributed by atoms with van der Waals surface area (Å²) in [4.78, 5) is 25.1. The minimum absolute atomic E-state index is 0.225. The molecule has 0 radical (unpaired) electrons. The number of rotatable bonds is 7. The molecule has 0 heterocycles. The maximum absolute atomic E-state index is 12.6. The van der Waals surface area contributed by atoms with Crippen molar-refractivity contribution >= 4 is 17.5 Å². The fourth-order valence-corrected chi connectivity index (χ4v) is 2.92. The summed E-state index contributed by atoms with van der Waals surface area (Å²) >= 11 is 0. The molecule has 2 amide bonds. The second kappa shape index (κ2) is 7.83. The van der Waals surface area contributed by atoms with Crippen LogP contribution in [0.25, 0.3) is 0 Å². The molecule has 3 rings (SSSR count). The highest BCUT2D eigenvalue weighted by atomic mass is 16.2. The van der Waals surface area contributed by atoms with E-state index < -0.39 is 5.41 Å². The molecule has 0 unspecified atom stereocenters. The summed E-state index contributed by atoms with van der Waals surface area (Å²) in [5, 5.41) is 14.7. The quantitative estimate of drug-likeness (QED) is 0.597. The van der Waals surface area contributed by atoms with Crippen molar-refractivity contribution in [1.82, 2.24) is 5.32 Å². The maximum Gasteiger partial charge on any atom is 0.240 e. The molecule has 0 aromatic heterocycles. The summed E-state index contributed by atoms with van der Waals surface area (Å²) in [5.41, 5.74) is 1.08. The van der Waals surface area contributed by atoms with Gasteiger partial charge in [-0.15, -0.1) is 0 Å². The molecule has 1 aliphatic carbocycles. The van der Waals surface area contributed by atoms with E-state index in [0.717, 1.165) is 12.8 Å². The third-order valence-corrected chi connectivity index (χ3v) is 4.69. The van der Waals surface area contributed by atoms with Gasteiger partial charge >= 0.3 is 0 Å². The summed E-state index contributed by atoms with van der Waals surface area (Å²) in [6.07, 6.45) is 2.79. The lowest BCUT2D eigenvalue weighted by Gasteiger charge is -2.16. The number of aryl methyl sites for hydroxylation is 1. The molecule has 1 aliphatic rings. The van der Waals surface area contributed by atoms with Crippen LogP contribution in [0, 0.1) is 16.7 Å². The van der Waals surface area contributed by atoms with Gasteiger partial charge in [0.05, 0.1) is 11.3 Å². The first-order chi connectivity index (χ1) is 12.7. The van der Waals surface area contributed by atoms with E-state index in [1.807, 2.05) is 24.3 Å². The normalized spacial score (nSPS) is 14.1. The number of nitrogens with one attached hydrogen (secondary N) is 2. The Balaban J connectivity index is 1.52. The van der Waals surface area contributed by atoms with E-state index in [2.05, 4.69) is 22.8 Å². The van der Waals surface area contributed by atoms with Gasteiger partial charge in [-0.25, -0.2) is 0 Å². The van der Waals surface area contributed by atoms with Crippen molar-refractivity contribution in [2.45, 2.75) is 25.7 Å². The van der Waals surface area contributed by atoms with E-state index in [1.54, 1.807) is 24.3 Å². The third kappa shape index (κ3) is 3.92. The first-order valence-electron chi connectivity index (χ1n) is 8.78. The number of nitrogens with zero attached hydrogens (tertiary/aromatic N) is 1. The van der Waals surface area contributed by atoms with Gasteiger partial charge in [-0.2, -0.15) is 5.26 Å². The van der Waals surface area contributed by atoms with Crippen LogP contribution in [-0.2, 0) is 16.0 Å². The predicted octanol–water partition coefficient (Wildman–Crippen LogP) is 3.03. The standard InChI is InChI=1S/C21H21N3O2/c22-15-17-10-4-5-11-18(17)24-20(26)21(12-13-21)19(25)23-14-6-9-16-7-2-1-3-8-16/h1-5,7-8,10-11H,6,9,12-14H2,(H,23,25)(H,24,26). The van der Waals surface area contributed by atoms with Crippen molar-refractivity contribution < 1.29 is 9.59 Å². The second-order valence-electron chi connectivity index (χ2n) is 6.54. The second-order valence-corrected chi connectivity index (χ2v) is 6.54. The Hall–Kier alpha value is -3.13. The van der Waals surface area contributed by atoms with Crippen molar-refractivity contribution in [1.29, 1.82) is 5.26 Å². The molecule has 2 N–H and O–H groups in total. The van der Waals surface area contributed by atoms with Crippen LogP contribution in [0.5, 0.6) is 0 Å². The molecule has 2 aromatic carbocycles. The molecule has 0 aliphatic heterocycles. The van der Waals surface area contributed by atoms with Crippen LogP contribution in [-0.4, -0.2) is 18.4 Å². The van der Waals surface area contributed by atoms with Crippen molar-refractivity contribution in [2.24, 2.45) is 5.41 Å². The lowest BCUT2D eigenvalue weighted by molar-refractivity contribution is -0.134. The van der Waals surface area contributed by atoms with Gasteiger partial charge in [0, 0.05) is 6.54 Å². The number of hydrogen-bond donors (Lipinski definition) is 2. The zero-order valence-electron chi connectivity index (χ0n) is 14.5. The van der Waals surface area contributed by atoms with Crippen LogP contribution in [0.2, 0.25) is 0 Å². The number of para-hydroxylation sites is 1. The molecule has 5 nitrogen and oxygen atoms in total. The van der Waals surface area contributed by atoms with Crippen LogP contribution in [0.1, 0.15) is 30.4 Å². The molecule has 1 saturated carbocycles. The Morgan fingerprint density at radius 2 is 1.69 bits per heavy atom. The van der Waals surface area contributed by atoms with Crippen molar-refractivity contribution in [3.63, 3.8) is 0 Å². The zero-order chi connectivity index (χ0) is 18.4. The van der Waals surface area contributed by atoms with E-state index >= 15 is 0 Å². The summed E-state index contributed by atoms with van der Waals surface area (Å²) in [6, 6.07) is 18.9. The minimum Gasteiger partial charge on any atom is -0.355 e. The first kappa shape index (κ1) is 17.7. The zero-order valence-corrected chi connectivity index (χ0v) is 14.5. The number of carbonyl (C=O) groups is 2. The van der Waals surface area contributed by atoms with Gasteiger partial charge in [0.1, 0.15) is 11.5 Å². The number of carbonyl (C=O) groups excluding carboxylic acids is 2. The Labute approximate surface area is 153 Å². The largest absolute Gasteiger partial charge is 0.355 e. The van der Waals surface area contributed by atoms with Gasteiger partial charge in [-0.05, 0) is 43.4 Å². The molecule has 1 fully saturated rings. The van der Waals surface area contributed by atoms with Crippen LogP contribution in [0.3, 0.4) is 0 Å². The van der Waals surface area contributed by atoms with Gasteiger partial charge < -0.3 is 10.6 Å². The molecule has 5 heteroatoms. The molecule has 0 atom stereocenters. The van der Waals surface area contributed by atoms with Gasteiger partial charge in [0.25, 0.3) is 0 Å². The number of hydrogen-bond acceptors (Lipinski definition) is 3. The van der Waals surface area contributed by atoms with Crippen LogP contribution in [0.15, 0.2) is 54.6 Å². The molecule has 2 aromatic rings. The summed E-state index contributed by atoms with van der Waals surface area (Å²) in [5.74, 6) is -0.557. The van der Waals surface area contributed by atoms with E-state index in [-0.39, 0.29) is 11.8 Å². The Bertz CT molecular complexity index is 836. The molecular weight excluding hydrogens is 326 g/mol. The SMILES string of the molecule is N#Cc1ccccc1NC(=O)C1(C(=O)NCCCc2ccccc2)CC1. The van der Waals surface area contributed by atoms with Crippen LogP contribution >= 0.6 is 0 Å². The van der Waals surface area contributed by atoms with Gasteiger partial charge in [0.2, 0.25) is 11.8 Å². The number of nitriles is 1. The Kier molecular flexibility index (Phi) is 5.33.